The van der Waals surface area contributed by atoms with Crippen LogP contribution in [0.5, 0.6) is 0 Å². The number of halogens is 1. The van der Waals surface area contributed by atoms with Crippen molar-refractivity contribution in [1.29, 1.82) is 0 Å². The first-order valence-electron chi connectivity index (χ1n) is 6.32. The molecule has 0 heterocycles. The first kappa shape index (κ1) is 14.8. The summed E-state index contributed by atoms with van der Waals surface area (Å²) in [5, 5.41) is 13.1. The first-order valence-corrected chi connectivity index (χ1v) is 7.47. The topological polar surface area (TPSA) is 72.2 Å². The molecule has 2 unspecified atom stereocenters. The van der Waals surface area contributed by atoms with Gasteiger partial charge in [-0.3, -0.25) is 14.9 Å². The molecule has 0 saturated heterocycles. The van der Waals surface area contributed by atoms with Crippen LogP contribution in [0.4, 0.5) is 4.39 Å². The van der Waals surface area contributed by atoms with Gasteiger partial charge >= 0.3 is 0 Å². The van der Waals surface area contributed by atoms with Crippen LogP contribution in [-0.2, 0) is 10.5 Å². The average Bonchev–Trinajstić information content (AvgIpc) is 3.20. The zero-order valence-electron chi connectivity index (χ0n) is 10.8. The highest BCUT2D eigenvalue weighted by molar-refractivity contribution is 7.98. The van der Waals surface area contributed by atoms with Crippen LogP contribution < -0.4 is 5.32 Å². The molecule has 1 aliphatic carbocycles. The van der Waals surface area contributed by atoms with Gasteiger partial charge in [0.15, 0.2) is 0 Å². The number of carbonyl (C=O) groups excluding carboxylic acids is 1. The molecule has 0 aromatic heterocycles. The lowest BCUT2D eigenvalue weighted by Gasteiger charge is -2.05. The van der Waals surface area contributed by atoms with Crippen molar-refractivity contribution in [3.8, 4) is 0 Å². The van der Waals surface area contributed by atoms with Gasteiger partial charge in [0, 0.05) is 29.4 Å². The number of hydrogen-bond acceptors (Lipinski definition) is 4. The average molecular weight is 298 g/mol. The minimum Gasteiger partial charge on any atom is -0.355 e. The van der Waals surface area contributed by atoms with Crippen LogP contribution in [0.25, 0.3) is 0 Å². The molecular formula is C13H15FN2O3S. The summed E-state index contributed by atoms with van der Waals surface area (Å²) in [5.41, 5.74) is 0.638. The van der Waals surface area contributed by atoms with Crippen LogP contribution in [0.2, 0.25) is 0 Å². The van der Waals surface area contributed by atoms with Gasteiger partial charge in [0.2, 0.25) is 11.9 Å². The highest BCUT2D eigenvalue weighted by atomic mass is 32.2. The number of nitrogens with zero attached hydrogens (tertiary/aromatic N) is 1. The van der Waals surface area contributed by atoms with E-state index in [1.54, 1.807) is 18.2 Å². The fraction of sp³-hybridized carbons (Fsp3) is 0.462. The summed E-state index contributed by atoms with van der Waals surface area (Å²) < 4.78 is 13.3. The van der Waals surface area contributed by atoms with Crippen molar-refractivity contribution in [2.24, 2.45) is 5.92 Å². The Balaban J connectivity index is 1.60. The molecule has 1 amide bonds. The fourth-order valence-electron chi connectivity index (χ4n) is 1.87. The number of thioether (sulfide) groups is 1. The summed E-state index contributed by atoms with van der Waals surface area (Å²) in [6.45, 7) is 0.443. The molecule has 1 N–H and O–H groups in total. The summed E-state index contributed by atoms with van der Waals surface area (Å²) in [7, 11) is 0. The maximum atomic E-state index is 13.3. The third-order valence-corrected chi connectivity index (χ3v) is 4.13. The molecule has 20 heavy (non-hydrogen) atoms. The van der Waals surface area contributed by atoms with Crippen molar-refractivity contribution in [1.82, 2.24) is 5.32 Å². The number of nitrogens with one attached hydrogen (secondary N) is 1. The normalized spacial score (nSPS) is 20.4. The Morgan fingerprint density at radius 2 is 2.25 bits per heavy atom. The lowest BCUT2D eigenvalue weighted by Crippen LogP contribution is -2.29. The number of rotatable bonds is 7. The Labute approximate surface area is 120 Å². The van der Waals surface area contributed by atoms with E-state index in [1.807, 2.05) is 0 Å². The number of nitro groups is 1. The van der Waals surface area contributed by atoms with E-state index in [4.69, 9.17) is 0 Å². The van der Waals surface area contributed by atoms with Crippen LogP contribution in [0.3, 0.4) is 0 Å². The van der Waals surface area contributed by atoms with Gasteiger partial charge in [0.25, 0.3) is 0 Å². The molecule has 0 radical (unpaired) electrons. The van der Waals surface area contributed by atoms with Gasteiger partial charge in [-0.15, -0.1) is 0 Å². The van der Waals surface area contributed by atoms with Gasteiger partial charge in [-0.1, -0.05) is 18.2 Å². The van der Waals surface area contributed by atoms with Crippen molar-refractivity contribution in [2.45, 2.75) is 18.2 Å². The summed E-state index contributed by atoms with van der Waals surface area (Å²) in [6.07, 6.45) is 0.335. The molecule has 2 rings (SSSR count). The van der Waals surface area contributed by atoms with Crippen molar-refractivity contribution < 1.29 is 14.1 Å². The maximum absolute atomic E-state index is 13.3. The summed E-state index contributed by atoms with van der Waals surface area (Å²) in [6, 6.07) is 5.87. The molecule has 7 heteroatoms. The van der Waals surface area contributed by atoms with Gasteiger partial charge in [0.1, 0.15) is 11.7 Å². The molecule has 1 aliphatic rings. The molecular weight excluding hydrogens is 283 g/mol. The molecule has 1 aromatic carbocycles. The smallest absolute Gasteiger partial charge is 0.230 e. The number of benzene rings is 1. The van der Waals surface area contributed by atoms with Crippen LogP contribution in [0, 0.1) is 21.8 Å². The third kappa shape index (κ3) is 3.93. The van der Waals surface area contributed by atoms with E-state index in [1.165, 1.54) is 17.8 Å². The maximum Gasteiger partial charge on any atom is 0.230 e. The Kier molecular flexibility index (Phi) is 4.94. The monoisotopic (exact) mass is 298 g/mol. The van der Waals surface area contributed by atoms with Crippen LogP contribution in [0.1, 0.15) is 12.0 Å². The van der Waals surface area contributed by atoms with Crippen molar-refractivity contribution in [2.75, 3.05) is 12.3 Å². The van der Waals surface area contributed by atoms with Crippen molar-refractivity contribution in [3.05, 3.63) is 45.8 Å². The van der Waals surface area contributed by atoms with Crippen molar-refractivity contribution >= 4 is 17.7 Å². The van der Waals surface area contributed by atoms with Crippen molar-refractivity contribution in [3.63, 3.8) is 0 Å². The number of amides is 1. The van der Waals surface area contributed by atoms with E-state index in [2.05, 4.69) is 5.32 Å². The lowest BCUT2D eigenvalue weighted by atomic mass is 10.2. The minimum absolute atomic E-state index is 0.226. The van der Waals surface area contributed by atoms with E-state index in [-0.39, 0.29) is 11.7 Å². The highest BCUT2D eigenvalue weighted by Gasteiger charge is 2.53. The zero-order valence-corrected chi connectivity index (χ0v) is 11.6. The second kappa shape index (κ2) is 6.69. The van der Waals surface area contributed by atoms with Gasteiger partial charge in [-0.25, -0.2) is 4.39 Å². The molecule has 2 atom stereocenters. The molecule has 1 fully saturated rings. The molecule has 1 aromatic rings. The largest absolute Gasteiger partial charge is 0.355 e. The number of carbonyl (C=O) groups is 1. The predicted molar refractivity (Wildman–Crippen MR) is 74.5 cm³/mol. The summed E-state index contributed by atoms with van der Waals surface area (Å²) in [4.78, 5) is 21.5. The minimum atomic E-state index is -0.707. The van der Waals surface area contributed by atoms with Gasteiger partial charge in [-0.05, 0) is 11.6 Å². The zero-order chi connectivity index (χ0) is 14.5. The summed E-state index contributed by atoms with van der Waals surface area (Å²) in [5.74, 6) is 0.245. The Bertz CT molecular complexity index is 512. The fourth-order valence-corrected chi connectivity index (χ4v) is 2.72. The SMILES string of the molecule is O=C(NCCSCc1ccccc1F)C1CC1[N+](=O)[O-]. The second-order valence-corrected chi connectivity index (χ2v) is 5.74. The number of hydrogen-bond donors (Lipinski definition) is 1. The molecule has 0 spiro atoms. The van der Waals surface area contributed by atoms with Gasteiger partial charge in [-0.2, -0.15) is 11.8 Å². The van der Waals surface area contributed by atoms with Crippen LogP contribution in [-0.4, -0.2) is 29.2 Å². The van der Waals surface area contributed by atoms with E-state index < -0.39 is 16.9 Å². The van der Waals surface area contributed by atoms with Gasteiger partial charge < -0.3 is 5.32 Å². The standard InChI is InChI=1S/C13H15FN2O3S/c14-11-4-2-1-3-9(11)8-20-6-5-15-13(17)10-7-12(10)16(18)19/h1-4,10,12H,5-8H2,(H,15,17). The second-order valence-electron chi connectivity index (χ2n) is 4.63. The van der Waals surface area contributed by atoms with Gasteiger partial charge in [0.05, 0.1) is 0 Å². The molecule has 1 saturated carbocycles. The van der Waals surface area contributed by atoms with E-state index in [0.717, 1.165) is 0 Å². The van der Waals surface area contributed by atoms with Crippen LogP contribution >= 0.6 is 11.8 Å². The highest BCUT2D eigenvalue weighted by Crippen LogP contribution is 2.32. The molecule has 5 nitrogen and oxygen atoms in total. The Morgan fingerprint density at radius 1 is 1.50 bits per heavy atom. The van der Waals surface area contributed by atoms with E-state index in [0.29, 0.717) is 30.0 Å². The molecule has 0 aliphatic heterocycles. The summed E-state index contributed by atoms with van der Waals surface area (Å²) >= 11 is 1.51. The predicted octanol–water partition coefficient (Wildman–Crippen LogP) is 1.84. The van der Waals surface area contributed by atoms with Crippen LogP contribution in [0.15, 0.2) is 24.3 Å². The third-order valence-electron chi connectivity index (χ3n) is 3.13. The quantitative estimate of drug-likeness (QED) is 0.473. The first-order chi connectivity index (χ1) is 9.59. The van der Waals surface area contributed by atoms with E-state index in [9.17, 15) is 19.3 Å². The Morgan fingerprint density at radius 3 is 2.90 bits per heavy atom. The Hall–Kier alpha value is -1.63. The van der Waals surface area contributed by atoms with E-state index >= 15 is 0 Å². The molecule has 108 valence electrons. The lowest BCUT2D eigenvalue weighted by molar-refractivity contribution is -0.497. The molecule has 0 bridgehead atoms.